The zero-order valence-corrected chi connectivity index (χ0v) is 11.2. The fraction of sp³-hybridized carbons (Fsp3) is 0.200. The molecule has 2 aromatic rings. The Labute approximate surface area is 105 Å². The number of nitrogens with one attached hydrogen (secondary N) is 2. The molecule has 4 nitrogen and oxygen atoms in total. The lowest BCUT2D eigenvalue weighted by Gasteiger charge is -2.01. The topological polar surface area (TPSA) is 57.8 Å². The maximum absolute atomic E-state index is 11.9. The lowest BCUT2D eigenvalue weighted by molar-refractivity contribution is 0.102. The number of H-pyrrole nitrogens is 1. The van der Waals surface area contributed by atoms with Crippen LogP contribution in [0, 0.1) is 13.8 Å². The van der Waals surface area contributed by atoms with E-state index in [4.69, 9.17) is 0 Å². The second kappa shape index (κ2) is 4.39. The lowest BCUT2D eigenvalue weighted by atomic mass is 10.3. The third-order valence-electron chi connectivity index (χ3n) is 2.31. The summed E-state index contributed by atoms with van der Waals surface area (Å²) in [6.45, 7) is 3.83. The lowest BCUT2D eigenvalue weighted by Crippen LogP contribution is -2.11. The molecule has 2 N–H and O–H groups in total. The van der Waals surface area contributed by atoms with Crippen molar-refractivity contribution in [1.82, 2.24) is 10.2 Å². The van der Waals surface area contributed by atoms with Gasteiger partial charge in [0.15, 0.2) is 5.82 Å². The molecule has 6 heteroatoms. The minimum absolute atomic E-state index is 0.142. The molecule has 0 atom stereocenters. The molecule has 0 aromatic carbocycles. The van der Waals surface area contributed by atoms with Crippen LogP contribution < -0.4 is 5.32 Å². The van der Waals surface area contributed by atoms with Gasteiger partial charge in [-0.2, -0.15) is 5.10 Å². The van der Waals surface area contributed by atoms with Crippen molar-refractivity contribution in [3.8, 4) is 0 Å². The highest BCUT2D eigenvalue weighted by Crippen LogP contribution is 2.24. The summed E-state index contributed by atoms with van der Waals surface area (Å²) in [5, 5.41) is 11.5. The molecular weight excluding hydrogens is 290 g/mol. The number of hydrogen-bond donors (Lipinski definition) is 2. The van der Waals surface area contributed by atoms with Crippen LogP contribution >= 0.6 is 27.3 Å². The predicted molar refractivity (Wildman–Crippen MR) is 68.0 cm³/mol. The molecule has 0 fully saturated rings. The minimum Gasteiger partial charge on any atom is -0.304 e. The molecule has 2 heterocycles. The van der Waals surface area contributed by atoms with Gasteiger partial charge in [0.1, 0.15) is 4.88 Å². The van der Waals surface area contributed by atoms with E-state index in [2.05, 4.69) is 31.4 Å². The average Bonchev–Trinajstić information content (AvgIpc) is 2.79. The molecular formula is C10H10BrN3OS. The van der Waals surface area contributed by atoms with Gasteiger partial charge in [0, 0.05) is 15.7 Å². The molecule has 0 radical (unpaired) electrons. The molecule has 0 bridgehead atoms. The Hall–Kier alpha value is -1.14. The summed E-state index contributed by atoms with van der Waals surface area (Å²) in [6, 6.07) is 1.85. The van der Waals surface area contributed by atoms with Crippen LogP contribution in [0.15, 0.2) is 15.9 Å². The third kappa shape index (κ3) is 2.03. The SMILES string of the molecule is Cc1[nH]nc(NC(=O)c2sccc2Br)c1C. The largest absolute Gasteiger partial charge is 0.304 e. The van der Waals surface area contributed by atoms with Crippen molar-refractivity contribution in [2.75, 3.05) is 5.32 Å². The van der Waals surface area contributed by atoms with Gasteiger partial charge in [-0.25, -0.2) is 0 Å². The molecule has 0 spiro atoms. The first-order chi connectivity index (χ1) is 7.59. The highest BCUT2D eigenvalue weighted by Gasteiger charge is 2.14. The van der Waals surface area contributed by atoms with Crippen molar-refractivity contribution < 1.29 is 4.79 Å². The van der Waals surface area contributed by atoms with Crippen LogP contribution in [-0.4, -0.2) is 16.1 Å². The zero-order valence-electron chi connectivity index (χ0n) is 8.80. The summed E-state index contributed by atoms with van der Waals surface area (Å²) in [7, 11) is 0. The molecule has 0 saturated carbocycles. The molecule has 1 amide bonds. The van der Waals surface area contributed by atoms with Crippen LogP contribution in [-0.2, 0) is 0 Å². The van der Waals surface area contributed by atoms with E-state index >= 15 is 0 Å². The zero-order chi connectivity index (χ0) is 11.7. The Morgan fingerprint density at radius 1 is 1.56 bits per heavy atom. The van der Waals surface area contributed by atoms with Gasteiger partial charge in [-0.05, 0) is 41.2 Å². The van der Waals surface area contributed by atoms with Crippen molar-refractivity contribution in [1.29, 1.82) is 0 Å². The summed E-state index contributed by atoms with van der Waals surface area (Å²) >= 11 is 4.72. The molecule has 0 aliphatic heterocycles. The number of thiophene rings is 1. The van der Waals surface area contributed by atoms with Crippen LogP contribution in [0.3, 0.4) is 0 Å². The smallest absolute Gasteiger partial charge is 0.268 e. The second-order valence-corrected chi connectivity index (χ2v) is 5.14. The van der Waals surface area contributed by atoms with Crippen molar-refractivity contribution in [3.05, 3.63) is 32.1 Å². The van der Waals surface area contributed by atoms with Crippen LogP contribution in [0.1, 0.15) is 20.9 Å². The number of amides is 1. The van der Waals surface area contributed by atoms with Gasteiger partial charge < -0.3 is 5.32 Å². The van der Waals surface area contributed by atoms with E-state index in [1.54, 1.807) is 0 Å². The predicted octanol–water partition coefficient (Wildman–Crippen LogP) is 3.10. The van der Waals surface area contributed by atoms with E-state index in [0.29, 0.717) is 10.7 Å². The highest BCUT2D eigenvalue weighted by atomic mass is 79.9. The maximum Gasteiger partial charge on any atom is 0.268 e. The quantitative estimate of drug-likeness (QED) is 0.895. The Balaban J connectivity index is 2.20. The molecule has 16 heavy (non-hydrogen) atoms. The van der Waals surface area contributed by atoms with E-state index < -0.39 is 0 Å². The number of rotatable bonds is 2. The number of carbonyl (C=O) groups excluding carboxylic acids is 1. The molecule has 2 aromatic heterocycles. The molecule has 0 aliphatic rings. The van der Waals surface area contributed by atoms with Crippen LogP contribution in [0.25, 0.3) is 0 Å². The molecule has 0 aliphatic carbocycles. The Bertz CT molecular complexity index is 532. The van der Waals surface area contributed by atoms with Gasteiger partial charge in [-0.1, -0.05) is 0 Å². The summed E-state index contributed by atoms with van der Waals surface area (Å²) in [6.07, 6.45) is 0. The fourth-order valence-corrected chi connectivity index (χ4v) is 2.67. The van der Waals surface area contributed by atoms with E-state index in [0.717, 1.165) is 15.7 Å². The van der Waals surface area contributed by atoms with Gasteiger partial charge in [0.2, 0.25) is 0 Å². The third-order valence-corrected chi connectivity index (χ3v) is 4.14. The number of hydrogen-bond acceptors (Lipinski definition) is 3. The summed E-state index contributed by atoms with van der Waals surface area (Å²) in [5.74, 6) is 0.444. The first-order valence-corrected chi connectivity index (χ1v) is 6.32. The Kier molecular flexibility index (Phi) is 3.11. The van der Waals surface area contributed by atoms with Gasteiger partial charge in [-0.3, -0.25) is 9.89 Å². The Morgan fingerprint density at radius 2 is 2.31 bits per heavy atom. The molecule has 84 valence electrons. The Morgan fingerprint density at radius 3 is 2.81 bits per heavy atom. The van der Waals surface area contributed by atoms with Crippen molar-refractivity contribution in [2.24, 2.45) is 0 Å². The van der Waals surface area contributed by atoms with E-state index in [1.807, 2.05) is 25.3 Å². The summed E-state index contributed by atoms with van der Waals surface area (Å²) < 4.78 is 0.805. The number of aromatic nitrogens is 2. The summed E-state index contributed by atoms with van der Waals surface area (Å²) in [5.41, 5.74) is 1.92. The number of aryl methyl sites for hydroxylation is 1. The maximum atomic E-state index is 11.9. The standard InChI is InChI=1S/C10H10BrN3OS/c1-5-6(2)13-14-9(5)12-10(15)8-7(11)3-4-16-8/h3-4H,1-2H3,(H2,12,13,14,15). The highest BCUT2D eigenvalue weighted by molar-refractivity contribution is 9.10. The fourth-order valence-electron chi connectivity index (χ4n) is 1.23. The number of carbonyl (C=O) groups is 1. The van der Waals surface area contributed by atoms with Crippen molar-refractivity contribution in [3.63, 3.8) is 0 Å². The van der Waals surface area contributed by atoms with Crippen molar-refractivity contribution >= 4 is 39.0 Å². The second-order valence-electron chi connectivity index (χ2n) is 3.37. The van der Waals surface area contributed by atoms with Crippen LogP contribution in [0.5, 0.6) is 0 Å². The van der Waals surface area contributed by atoms with Crippen molar-refractivity contribution in [2.45, 2.75) is 13.8 Å². The van der Waals surface area contributed by atoms with Gasteiger partial charge in [0.05, 0.1) is 0 Å². The van der Waals surface area contributed by atoms with Crippen LogP contribution in [0.4, 0.5) is 5.82 Å². The molecule has 0 saturated heterocycles. The molecule has 2 rings (SSSR count). The van der Waals surface area contributed by atoms with E-state index in [1.165, 1.54) is 11.3 Å². The number of nitrogens with zero attached hydrogens (tertiary/aromatic N) is 1. The number of halogens is 1. The first kappa shape index (κ1) is 11.3. The summed E-state index contributed by atoms with van der Waals surface area (Å²) in [4.78, 5) is 12.5. The van der Waals surface area contributed by atoms with Gasteiger partial charge in [0.25, 0.3) is 5.91 Å². The first-order valence-electron chi connectivity index (χ1n) is 4.65. The number of aromatic amines is 1. The number of anilines is 1. The van der Waals surface area contributed by atoms with E-state index in [9.17, 15) is 4.79 Å². The van der Waals surface area contributed by atoms with E-state index in [-0.39, 0.29) is 5.91 Å². The monoisotopic (exact) mass is 299 g/mol. The minimum atomic E-state index is -0.142. The van der Waals surface area contributed by atoms with Crippen LogP contribution in [0.2, 0.25) is 0 Å². The molecule has 0 unspecified atom stereocenters. The average molecular weight is 300 g/mol. The van der Waals surface area contributed by atoms with Gasteiger partial charge >= 0.3 is 0 Å². The normalized spacial score (nSPS) is 10.4. The van der Waals surface area contributed by atoms with Gasteiger partial charge in [-0.15, -0.1) is 11.3 Å².